The topological polar surface area (TPSA) is 122 Å². The van der Waals surface area contributed by atoms with Gasteiger partial charge in [-0.3, -0.25) is 9.59 Å². The van der Waals surface area contributed by atoms with Gasteiger partial charge in [0.05, 0.1) is 20.7 Å². The van der Waals surface area contributed by atoms with Crippen molar-refractivity contribution in [2.45, 2.75) is 40.3 Å². The Labute approximate surface area is 233 Å². The van der Waals surface area contributed by atoms with Crippen molar-refractivity contribution in [2.24, 2.45) is 0 Å². The number of carbonyl (C=O) groups is 2. The predicted molar refractivity (Wildman–Crippen MR) is 156 cm³/mol. The van der Waals surface area contributed by atoms with E-state index in [2.05, 4.69) is 61.2 Å². The summed E-state index contributed by atoms with van der Waals surface area (Å²) >= 11 is 0. The first-order chi connectivity index (χ1) is 18.3. The summed E-state index contributed by atoms with van der Waals surface area (Å²) in [4.78, 5) is 20.3. The Morgan fingerprint density at radius 3 is 1.74 bits per heavy atom. The molecule has 1 aromatic heterocycles. The first-order valence-electron chi connectivity index (χ1n) is 13.0. The lowest BCUT2D eigenvalue weighted by molar-refractivity contribution is -0.896. The molecule has 1 unspecified atom stereocenters. The van der Waals surface area contributed by atoms with Crippen LogP contribution in [0, 0.1) is 0 Å². The van der Waals surface area contributed by atoms with Crippen LogP contribution in [0.2, 0.25) is 0 Å². The molecule has 0 aliphatic heterocycles. The number of benzene rings is 1. The van der Waals surface area contributed by atoms with Crippen LogP contribution in [0.3, 0.4) is 0 Å². The first-order valence-corrected chi connectivity index (χ1v) is 13.0. The smallest absolute Gasteiger partial charge is 0.300 e. The van der Waals surface area contributed by atoms with Gasteiger partial charge in [0, 0.05) is 44.8 Å². The highest BCUT2D eigenvalue weighted by Crippen LogP contribution is 2.15. The number of carboxylic acids is 2. The number of carboxylic acid groups (broad SMARTS) is 2. The molecule has 0 radical (unpaired) electrons. The first kappa shape index (κ1) is 35.5. The summed E-state index contributed by atoms with van der Waals surface area (Å²) in [7, 11) is 4.04. The Morgan fingerprint density at radius 2 is 1.33 bits per heavy atom. The minimum Gasteiger partial charge on any atom is -0.481 e. The molecule has 2 rings (SSSR count). The van der Waals surface area contributed by atoms with Gasteiger partial charge in [-0.25, -0.2) is 4.57 Å². The van der Waals surface area contributed by atoms with Crippen molar-refractivity contribution in [3.63, 3.8) is 0 Å². The summed E-state index contributed by atoms with van der Waals surface area (Å²) in [5.74, 6) is -1.67. The van der Waals surface area contributed by atoms with E-state index in [1.165, 1.54) is 11.3 Å². The summed E-state index contributed by atoms with van der Waals surface area (Å²) in [6, 6.07) is 12.7. The molecule has 216 valence electrons. The van der Waals surface area contributed by atoms with E-state index >= 15 is 0 Å². The molecule has 9 heteroatoms. The summed E-state index contributed by atoms with van der Waals surface area (Å²) in [6.07, 6.45) is 11.8. The quantitative estimate of drug-likeness (QED) is 0.184. The fourth-order valence-electron chi connectivity index (χ4n) is 3.65. The third-order valence-corrected chi connectivity index (χ3v) is 5.46. The number of quaternary nitrogens is 1. The van der Waals surface area contributed by atoms with Crippen molar-refractivity contribution < 1.29 is 39.1 Å². The van der Waals surface area contributed by atoms with Crippen molar-refractivity contribution in [1.29, 1.82) is 0 Å². The van der Waals surface area contributed by atoms with E-state index in [4.69, 9.17) is 24.9 Å². The SMILES string of the molecule is CC(=O)O.CC(=O)O.CCN(CC)c1ccc(/C=C/C=C/c2cc[n+](CC(O)C[N+](C)(C)CCO)cc2)cc1. The van der Waals surface area contributed by atoms with Crippen LogP contribution in [0.15, 0.2) is 60.9 Å². The second-order valence-corrected chi connectivity index (χ2v) is 9.57. The number of aromatic nitrogens is 1. The van der Waals surface area contributed by atoms with Gasteiger partial charge in [0.25, 0.3) is 11.9 Å². The van der Waals surface area contributed by atoms with Gasteiger partial charge in [0.1, 0.15) is 13.1 Å². The molecule has 0 saturated heterocycles. The van der Waals surface area contributed by atoms with Gasteiger partial charge in [-0.15, -0.1) is 0 Å². The number of hydrogen-bond acceptors (Lipinski definition) is 5. The number of pyridine rings is 1. The Kier molecular flexibility index (Phi) is 17.8. The number of allylic oxidation sites excluding steroid dienone is 2. The summed E-state index contributed by atoms with van der Waals surface area (Å²) in [5, 5.41) is 34.3. The van der Waals surface area contributed by atoms with Crippen molar-refractivity contribution >= 4 is 29.8 Å². The van der Waals surface area contributed by atoms with E-state index in [1.54, 1.807) is 0 Å². The number of rotatable bonds is 12. The second-order valence-electron chi connectivity index (χ2n) is 9.57. The van der Waals surface area contributed by atoms with Gasteiger partial charge >= 0.3 is 0 Å². The zero-order valence-corrected chi connectivity index (χ0v) is 24.2. The summed E-state index contributed by atoms with van der Waals surface area (Å²) in [6.45, 7) is 10.5. The Balaban J connectivity index is 0.00000159. The molecule has 1 aromatic carbocycles. The van der Waals surface area contributed by atoms with Gasteiger partial charge in [-0.1, -0.05) is 36.4 Å². The van der Waals surface area contributed by atoms with Crippen molar-refractivity contribution in [2.75, 3.05) is 51.8 Å². The fraction of sp³-hybridized carbons (Fsp3) is 0.433. The van der Waals surface area contributed by atoms with Crippen molar-refractivity contribution in [3.05, 3.63) is 72.1 Å². The molecule has 39 heavy (non-hydrogen) atoms. The number of likely N-dealkylation sites (N-methyl/N-ethyl adjacent to an activating group) is 1. The van der Waals surface area contributed by atoms with E-state index in [1.807, 2.05) is 49.3 Å². The van der Waals surface area contributed by atoms with E-state index in [0.717, 1.165) is 32.5 Å². The zero-order chi connectivity index (χ0) is 29.8. The minimum absolute atomic E-state index is 0.129. The van der Waals surface area contributed by atoms with Crippen LogP contribution >= 0.6 is 0 Å². The molecule has 9 nitrogen and oxygen atoms in total. The van der Waals surface area contributed by atoms with E-state index in [9.17, 15) is 5.11 Å². The van der Waals surface area contributed by atoms with Crippen molar-refractivity contribution in [3.8, 4) is 0 Å². The van der Waals surface area contributed by atoms with Crippen LogP contribution in [-0.4, -0.2) is 89.8 Å². The lowest BCUT2D eigenvalue weighted by Gasteiger charge is -2.30. The normalized spacial score (nSPS) is 11.8. The standard InChI is InChI=1S/C26H39N3O2.2C2H4O2/c1-5-28(6-2)25-13-11-23(12-14-25)9-7-8-10-24-15-17-27(18-16-24)21-26(31)22-29(3,4)19-20-30;2*1-2(3)4/h7-18,26,30-31H,5-6,19-22H2,1-4H3;2*1H3,(H,3,4)/q+2;;. The van der Waals surface area contributed by atoms with Gasteiger partial charge in [0.2, 0.25) is 0 Å². The second kappa shape index (κ2) is 19.5. The average molecular weight is 546 g/mol. The molecule has 1 heterocycles. The van der Waals surface area contributed by atoms with Gasteiger partial charge < -0.3 is 29.8 Å². The van der Waals surface area contributed by atoms with Gasteiger partial charge in [-0.2, -0.15) is 0 Å². The number of aliphatic carboxylic acids is 2. The van der Waals surface area contributed by atoms with Gasteiger partial charge in [-0.05, 0) is 37.1 Å². The Bertz CT molecular complexity index is 994. The van der Waals surface area contributed by atoms with Crippen LogP contribution in [0.4, 0.5) is 5.69 Å². The molecular formula is C30H47N3O6+2. The van der Waals surface area contributed by atoms with Crippen LogP contribution in [0.1, 0.15) is 38.8 Å². The van der Waals surface area contributed by atoms with Gasteiger partial charge in [0.15, 0.2) is 25.0 Å². The van der Waals surface area contributed by atoms with Crippen molar-refractivity contribution in [1.82, 2.24) is 0 Å². The fourth-order valence-corrected chi connectivity index (χ4v) is 3.65. The Morgan fingerprint density at radius 1 is 0.897 bits per heavy atom. The lowest BCUT2D eigenvalue weighted by Crippen LogP contribution is -2.51. The summed E-state index contributed by atoms with van der Waals surface area (Å²) in [5.41, 5.74) is 3.56. The van der Waals surface area contributed by atoms with Crippen LogP contribution in [-0.2, 0) is 16.1 Å². The zero-order valence-electron chi connectivity index (χ0n) is 24.2. The highest BCUT2D eigenvalue weighted by Gasteiger charge is 2.22. The number of aliphatic hydroxyl groups excluding tert-OH is 2. The van der Waals surface area contributed by atoms with Crippen LogP contribution in [0.5, 0.6) is 0 Å². The van der Waals surface area contributed by atoms with Crippen LogP contribution < -0.4 is 9.47 Å². The Hall–Kier alpha value is -3.53. The maximum Gasteiger partial charge on any atom is 0.300 e. The lowest BCUT2D eigenvalue weighted by atomic mass is 10.1. The molecule has 1 atom stereocenters. The third-order valence-electron chi connectivity index (χ3n) is 5.46. The molecule has 0 bridgehead atoms. The maximum atomic E-state index is 10.3. The molecule has 0 spiro atoms. The predicted octanol–water partition coefficient (Wildman–Crippen LogP) is 3.16. The number of aliphatic hydroxyl groups is 2. The largest absolute Gasteiger partial charge is 0.481 e. The van der Waals surface area contributed by atoms with E-state index in [-0.39, 0.29) is 6.61 Å². The molecule has 2 aromatic rings. The average Bonchev–Trinajstić information content (AvgIpc) is 2.83. The minimum atomic E-state index is -0.833. The molecule has 0 fully saturated rings. The molecule has 0 amide bonds. The molecule has 0 saturated carbocycles. The van der Waals surface area contributed by atoms with E-state index in [0.29, 0.717) is 24.1 Å². The maximum absolute atomic E-state index is 10.3. The number of hydrogen-bond donors (Lipinski definition) is 4. The number of nitrogens with zero attached hydrogens (tertiary/aromatic N) is 3. The molecule has 0 aliphatic carbocycles. The highest BCUT2D eigenvalue weighted by molar-refractivity contribution is 5.63. The van der Waals surface area contributed by atoms with Crippen LogP contribution in [0.25, 0.3) is 12.2 Å². The highest BCUT2D eigenvalue weighted by atomic mass is 16.4. The third kappa shape index (κ3) is 18.4. The number of anilines is 1. The molecule has 4 N–H and O–H groups in total. The van der Waals surface area contributed by atoms with E-state index < -0.39 is 18.0 Å². The summed E-state index contributed by atoms with van der Waals surface area (Å²) < 4.78 is 2.60. The molecule has 0 aliphatic rings. The molecular weight excluding hydrogens is 498 g/mol. The monoisotopic (exact) mass is 545 g/mol.